The Kier molecular flexibility index (Phi) is 4.74. The fourth-order valence-corrected chi connectivity index (χ4v) is 2.52. The summed E-state index contributed by atoms with van der Waals surface area (Å²) in [5.41, 5.74) is 3.25. The van der Waals surface area contributed by atoms with Gasteiger partial charge in [-0.25, -0.2) is 0 Å². The summed E-state index contributed by atoms with van der Waals surface area (Å²) in [5, 5.41) is 2.81. The number of hydrogen-bond donors (Lipinski definition) is 1. The van der Waals surface area contributed by atoms with E-state index in [4.69, 9.17) is 0 Å². The molecule has 0 aliphatic carbocycles. The smallest absolute Gasteiger partial charge is 0.251 e. The Balaban J connectivity index is 0.000000163. The molecule has 98 valence electrons. The van der Waals surface area contributed by atoms with Crippen molar-refractivity contribution in [1.82, 2.24) is 5.32 Å². The van der Waals surface area contributed by atoms with Gasteiger partial charge in [0.2, 0.25) is 0 Å². The van der Waals surface area contributed by atoms with Gasteiger partial charge >= 0.3 is 0 Å². The third-order valence-corrected chi connectivity index (χ3v) is 3.71. The molecule has 2 nitrogen and oxygen atoms in total. The van der Waals surface area contributed by atoms with Crippen LogP contribution < -0.4 is 5.32 Å². The van der Waals surface area contributed by atoms with Crippen LogP contribution in [0.15, 0.2) is 53.0 Å². The van der Waals surface area contributed by atoms with Gasteiger partial charge in [0.05, 0.1) is 0 Å². The van der Waals surface area contributed by atoms with Crippen LogP contribution in [-0.2, 0) is 6.42 Å². The van der Waals surface area contributed by atoms with Crippen LogP contribution in [0.3, 0.4) is 0 Å². The van der Waals surface area contributed by atoms with Gasteiger partial charge in [0.15, 0.2) is 0 Å². The number of carbonyl (C=O) groups is 1. The molecule has 0 saturated heterocycles. The highest BCUT2D eigenvalue weighted by atomic mass is 79.9. The molecule has 2 aromatic carbocycles. The summed E-state index contributed by atoms with van der Waals surface area (Å²) in [7, 11) is 0. The van der Waals surface area contributed by atoms with Crippen molar-refractivity contribution >= 4 is 21.8 Å². The maximum Gasteiger partial charge on any atom is 0.251 e. The lowest BCUT2D eigenvalue weighted by molar-refractivity contribution is 0.0946. The van der Waals surface area contributed by atoms with Crippen LogP contribution in [0, 0.1) is 6.92 Å². The van der Waals surface area contributed by atoms with Crippen molar-refractivity contribution in [3.05, 3.63) is 69.7 Å². The summed E-state index contributed by atoms with van der Waals surface area (Å²) < 4.78 is 1.04. The van der Waals surface area contributed by atoms with Gasteiger partial charge in [0, 0.05) is 16.6 Å². The van der Waals surface area contributed by atoms with Crippen molar-refractivity contribution in [2.45, 2.75) is 13.3 Å². The molecule has 0 radical (unpaired) electrons. The molecule has 0 atom stereocenters. The molecule has 1 aliphatic heterocycles. The number of nitrogens with one attached hydrogen (secondary N) is 1. The highest BCUT2D eigenvalue weighted by Gasteiger charge is 2.17. The summed E-state index contributed by atoms with van der Waals surface area (Å²) in [6.07, 6.45) is 0.919. The fraction of sp³-hybridized carbons (Fsp3) is 0.188. The van der Waals surface area contributed by atoms with E-state index in [-0.39, 0.29) is 5.91 Å². The average molecular weight is 318 g/mol. The zero-order valence-corrected chi connectivity index (χ0v) is 12.4. The Labute approximate surface area is 122 Å². The lowest BCUT2D eigenvalue weighted by Gasteiger charge is -2.16. The first-order chi connectivity index (χ1) is 9.18. The predicted octanol–water partition coefficient (Wildman–Crippen LogP) is 3.73. The number of halogens is 1. The summed E-state index contributed by atoms with van der Waals surface area (Å²) in [6.45, 7) is 2.83. The van der Waals surface area contributed by atoms with E-state index in [1.165, 1.54) is 5.56 Å². The van der Waals surface area contributed by atoms with Crippen LogP contribution >= 0.6 is 15.9 Å². The minimum absolute atomic E-state index is 0.0394. The van der Waals surface area contributed by atoms with Gasteiger partial charge in [-0.2, -0.15) is 0 Å². The molecule has 0 unspecified atom stereocenters. The van der Waals surface area contributed by atoms with Gasteiger partial charge < -0.3 is 5.32 Å². The number of fused-ring (bicyclic) bond motifs is 1. The lowest BCUT2D eigenvalue weighted by atomic mass is 10.0. The highest BCUT2D eigenvalue weighted by Crippen LogP contribution is 2.22. The molecule has 1 N–H and O–H groups in total. The van der Waals surface area contributed by atoms with E-state index >= 15 is 0 Å². The number of rotatable bonds is 0. The van der Waals surface area contributed by atoms with E-state index in [1.54, 1.807) is 0 Å². The van der Waals surface area contributed by atoms with Gasteiger partial charge in [-0.3, -0.25) is 4.79 Å². The molecule has 0 bridgehead atoms. The second-order valence-corrected chi connectivity index (χ2v) is 5.28. The second-order valence-electron chi connectivity index (χ2n) is 4.43. The minimum Gasteiger partial charge on any atom is -0.352 e. The Morgan fingerprint density at radius 2 is 1.79 bits per heavy atom. The Bertz CT molecular complexity index is 566. The molecule has 1 aliphatic rings. The molecule has 1 heterocycles. The topological polar surface area (TPSA) is 29.1 Å². The lowest BCUT2D eigenvalue weighted by Crippen LogP contribution is -2.31. The average Bonchev–Trinajstić information content (AvgIpc) is 2.42. The summed E-state index contributed by atoms with van der Waals surface area (Å²) >= 11 is 3.43. The summed E-state index contributed by atoms with van der Waals surface area (Å²) in [5.74, 6) is 0.0394. The third-order valence-electron chi connectivity index (χ3n) is 2.96. The number of carbonyl (C=O) groups excluding carboxylic acids is 1. The van der Waals surface area contributed by atoms with E-state index in [0.717, 1.165) is 28.6 Å². The zero-order chi connectivity index (χ0) is 13.7. The van der Waals surface area contributed by atoms with E-state index < -0.39 is 0 Å². The molecule has 1 amide bonds. The van der Waals surface area contributed by atoms with E-state index in [9.17, 15) is 4.79 Å². The van der Waals surface area contributed by atoms with Crippen molar-refractivity contribution in [3.8, 4) is 0 Å². The molecule has 3 rings (SSSR count). The molecule has 19 heavy (non-hydrogen) atoms. The first kappa shape index (κ1) is 13.8. The largest absolute Gasteiger partial charge is 0.352 e. The van der Waals surface area contributed by atoms with E-state index in [1.807, 2.05) is 36.4 Å². The Morgan fingerprint density at radius 1 is 1.05 bits per heavy atom. The van der Waals surface area contributed by atoms with Crippen LogP contribution in [0.2, 0.25) is 0 Å². The number of hydrogen-bond acceptors (Lipinski definition) is 1. The highest BCUT2D eigenvalue weighted by molar-refractivity contribution is 9.10. The van der Waals surface area contributed by atoms with Gasteiger partial charge in [-0.1, -0.05) is 57.9 Å². The van der Waals surface area contributed by atoms with Gasteiger partial charge in [-0.05, 0) is 31.0 Å². The fourth-order valence-electron chi connectivity index (χ4n) is 1.96. The van der Waals surface area contributed by atoms with Crippen LogP contribution in [-0.4, -0.2) is 12.5 Å². The zero-order valence-electron chi connectivity index (χ0n) is 10.8. The first-order valence-electron chi connectivity index (χ1n) is 6.25. The standard InChI is InChI=1S/C9H8BrNO.C7H8/c10-8-3-1-2-7-6(8)4-5-11-9(7)12;1-7-5-3-2-4-6-7/h1-3H,4-5H2,(H,11,12);2-6H,1H3. The van der Waals surface area contributed by atoms with Crippen molar-refractivity contribution in [3.63, 3.8) is 0 Å². The SMILES string of the molecule is Cc1ccccc1.O=C1NCCc2c(Br)cccc21. The molecule has 0 spiro atoms. The van der Waals surface area contributed by atoms with E-state index in [0.29, 0.717) is 0 Å². The molecule has 0 saturated carbocycles. The van der Waals surface area contributed by atoms with Crippen LogP contribution in [0.1, 0.15) is 21.5 Å². The van der Waals surface area contributed by atoms with Crippen LogP contribution in [0.4, 0.5) is 0 Å². The monoisotopic (exact) mass is 317 g/mol. The Morgan fingerprint density at radius 3 is 2.37 bits per heavy atom. The molecule has 0 fully saturated rings. The second kappa shape index (κ2) is 6.53. The predicted molar refractivity (Wildman–Crippen MR) is 81.4 cm³/mol. The van der Waals surface area contributed by atoms with Crippen LogP contribution in [0.25, 0.3) is 0 Å². The van der Waals surface area contributed by atoms with Crippen molar-refractivity contribution < 1.29 is 4.79 Å². The van der Waals surface area contributed by atoms with E-state index in [2.05, 4.69) is 40.3 Å². The molecular formula is C16H16BrNO. The van der Waals surface area contributed by atoms with Crippen LogP contribution in [0.5, 0.6) is 0 Å². The summed E-state index contributed by atoms with van der Waals surface area (Å²) in [4.78, 5) is 11.3. The van der Waals surface area contributed by atoms with Gasteiger partial charge in [0.1, 0.15) is 0 Å². The number of amides is 1. The maximum atomic E-state index is 11.3. The normalized spacial score (nSPS) is 12.8. The number of benzene rings is 2. The minimum atomic E-state index is 0.0394. The third kappa shape index (κ3) is 3.67. The first-order valence-corrected chi connectivity index (χ1v) is 7.05. The van der Waals surface area contributed by atoms with Gasteiger partial charge in [0.25, 0.3) is 5.91 Å². The summed E-state index contributed by atoms with van der Waals surface area (Å²) in [6, 6.07) is 16.0. The maximum absolute atomic E-state index is 11.3. The van der Waals surface area contributed by atoms with Gasteiger partial charge in [-0.15, -0.1) is 0 Å². The quantitative estimate of drug-likeness (QED) is 0.788. The molecule has 3 heteroatoms. The molecular weight excluding hydrogens is 302 g/mol. The Hall–Kier alpha value is -1.61. The molecule has 0 aromatic heterocycles. The number of aryl methyl sites for hydroxylation is 1. The van der Waals surface area contributed by atoms with Crippen molar-refractivity contribution in [2.24, 2.45) is 0 Å². The van der Waals surface area contributed by atoms with Crippen molar-refractivity contribution in [2.75, 3.05) is 6.54 Å². The van der Waals surface area contributed by atoms with Crippen molar-refractivity contribution in [1.29, 1.82) is 0 Å². The molecule has 2 aromatic rings.